The molecule has 0 aliphatic rings. The van der Waals surface area contributed by atoms with Crippen LogP contribution in [0.1, 0.15) is 16.5 Å². The molecule has 5 aromatic carbocycles. The fourth-order valence-electron chi connectivity index (χ4n) is 5.44. The number of fused-ring (bicyclic) bond motifs is 3. The fourth-order valence-corrected chi connectivity index (χ4v) is 8.86. The van der Waals surface area contributed by atoms with Gasteiger partial charge in [-0.2, -0.15) is 11.3 Å². The second kappa shape index (κ2) is 15.1. The van der Waals surface area contributed by atoms with Gasteiger partial charge >= 0.3 is 110 Å². The largest absolute Gasteiger partial charge is 0.305 e. The van der Waals surface area contributed by atoms with Crippen LogP contribution in [0.5, 0.6) is 0 Å². The van der Waals surface area contributed by atoms with Crippen molar-refractivity contribution in [1.82, 2.24) is 9.97 Å². The van der Waals surface area contributed by atoms with Gasteiger partial charge in [-0.3, -0.25) is 0 Å². The first-order valence-corrected chi connectivity index (χ1v) is 23.7. The van der Waals surface area contributed by atoms with Gasteiger partial charge in [0.2, 0.25) is 0 Å². The van der Waals surface area contributed by atoms with Crippen LogP contribution in [0.2, 0.25) is 17.3 Å². The average Bonchev–Trinajstić information content (AvgIpc) is 3.58. The predicted molar refractivity (Wildman–Crippen MR) is 208 cm³/mol. The van der Waals surface area contributed by atoms with Gasteiger partial charge in [-0.05, 0) is 50.2 Å². The second-order valence-electron chi connectivity index (χ2n) is 12.4. The van der Waals surface area contributed by atoms with E-state index in [9.17, 15) is 0 Å². The van der Waals surface area contributed by atoms with Gasteiger partial charge in [0, 0.05) is 31.0 Å². The molecule has 0 fully saturated rings. The molecular weight excluding hydrogens is 853 g/mol. The minimum atomic E-state index is -2.08. The monoisotopic (exact) mass is 899 g/mol. The van der Waals surface area contributed by atoms with E-state index in [2.05, 4.69) is 81.8 Å². The fraction of sp³-hybridized carbons (Fsp3) is 0.0909. The zero-order valence-corrected chi connectivity index (χ0v) is 32.4. The van der Waals surface area contributed by atoms with Gasteiger partial charge in [0.1, 0.15) is 0 Å². The number of rotatable bonds is 5. The van der Waals surface area contributed by atoms with E-state index in [4.69, 9.17) is 11.0 Å². The molecule has 0 saturated heterocycles. The van der Waals surface area contributed by atoms with E-state index in [0.29, 0.717) is 16.8 Å². The van der Waals surface area contributed by atoms with Crippen LogP contribution >= 0.6 is 11.3 Å². The Morgan fingerprint density at radius 2 is 1.53 bits per heavy atom. The van der Waals surface area contributed by atoms with Crippen LogP contribution < -0.4 is 4.40 Å². The molecule has 3 aromatic heterocycles. The Morgan fingerprint density at radius 1 is 0.714 bits per heavy atom. The van der Waals surface area contributed by atoms with Crippen LogP contribution in [0, 0.1) is 19.0 Å². The van der Waals surface area contributed by atoms with Crippen molar-refractivity contribution in [3.8, 4) is 44.8 Å². The summed E-state index contributed by atoms with van der Waals surface area (Å²) >= 11 is -0.154. The molecule has 0 aliphatic heterocycles. The van der Waals surface area contributed by atoms with E-state index >= 15 is 0 Å². The number of nitrogens with zero attached hydrogens (tertiary/aromatic N) is 2. The Kier molecular flexibility index (Phi) is 7.96. The van der Waals surface area contributed by atoms with Gasteiger partial charge in [0.25, 0.3) is 0 Å². The minimum Gasteiger partial charge on any atom is -0.305 e. The van der Waals surface area contributed by atoms with Crippen molar-refractivity contribution in [2.24, 2.45) is 0 Å². The summed E-state index contributed by atoms with van der Waals surface area (Å²) in [5.74, 6) is 6.98. The van der Waals surface area contributed by atoms with E-state index < -0.39 is 26.2 Å². The predicted octanol–water partition coefficient (Wildman–Crippen LogP) is 11.7. The van der Waals surface area contributed by atoms with Crippen molar-refractivity contribution in [2.45, 2.75) is 24.1 Å². The Hall–Kier alpha value is -4.19. The molecule has 2 nitrogen and oxygen atoms in total. The Labute approximate surface area is 320 Å². The topological polar surface area (TPSA) is 25.8 Å². The molecule has 0 N–H and O–H groups in total. The molecule has 0 unspecified atom stereocenters. The third-order valence-electron chi connectivity index (χ3n) is 8.06. The van der Waals surface area contributed by atoms with E-state index in [0.717, 1.165) is 48.1 Å². The summed E-state index contributed by atoms with van der Waals surface area (Å²) in [6.45, 7) is -2.08. The maximum absolute atomic E-state index is 8.34. The summed E-state index contributed by atoms with van der Waals surface area (Å²) in [4.78, 5) is 9.05. The van der Waals surface area contributed by atoms with Gasteiger partial charge in [-0.15, -0.1) is 23.8 Å². The van der Waals surface area contributed by atoms with Crippen LogP contribution in [-0.4, -0.2) is 23.2 Å². The average molecular weight is 898 g/mol. The first kappa shape index (κ1) is 25.7. The van der Waals surface area contributed by atoms with Gasteiger partial charge < -0.3 is 4.98 Å². The molecule has 0 saturated carbocycles. The second-order valence-corrected chi connectivity index (χ2v) is 24.1. The number of hydrogen-bond donors (Lipinski definition) is 0. The molecule has 49 heavy (non-hydrogen) atoms. The van der Waals surface area contributed by atoms with Crippen LogP contribution in [-0.2, 0) is 20.1 Å². The molecule has 0 atom stereocenters. The smallest absolute Gasteiger partial charge is 0.0629 e. The van der Waals surface area contributed by atoms with Crippen molar-refractivity contribution in [3.63, 3.8) is 0 Å². The SMILES string of the molecule is [2H]C([2H])([2H])c1c[c-]c(-c2cc[c]([Ge]([CH3])([CH3])[CH3])cn2)cc1.[2H]c1c([2H])c([2H])c(-c2ccnc(-c3[c-]ccc4c3sc3cc(-c5ccccc5)ccc34)c2)c([2H])c1[2H].[Ir]. The molecule has 8 aromatic rings. The number of hydrogen-bond acceptors (Lipinski definition) is 3. The molecule has 5 heteroatoms. The first-order valence-electron chi connectivity index (χ1n) is 19.6. The Balaban J connectivity index is 0.000000223. The van der Waals surface area contributed by atoms with Gasteiger partial charge in [0.15, 0.2) is 0 Å². The van der Waals surface area contributed by atoms with Crippen LogP contribution in [0.4, 0.5) is 0 Å². The molecule has 0 bridgehead atoms. The van der Waals surface area contributed by atoms with Gasteiger partial charge in [0.05, 0.1) is 6.85 Å². The zero-order chi connectivity index (χ0) is 39.9. The van der Waals surface area contributed by atoms with E-state index in [-0.39, 0.29) is 49.8 Å². The van der Waals surface area contributed by atoms with E-state index in [1.807, 2.05) is 36.5 Å². The number of aromatic nitrogens is 2. The van der Waals surface area contributed by atoms with Crippen LogP contribution in [0.15, 0.2) is 146 Å². The van der Waals surface area contributed by atoms with Crippen molar-refractivity contribution in [3.05, 3.63) is 163 Å². The summed E-state index contributed by atoms with van der Waals surface area (Å²) < 4.78 is 66.2. The summed E-state index contributed by atoms with van der Waals surface area (Å²) in [7, 11) is 0. The first-order chi connectivity index (χ1) is 26.6. The minimum absolute atomic E-state index is 0. The third-order valence-corrected chi connectivity index (χ3v) is 13.5. The molecule has 8 rings (SSSR count). The zero-order valence-electron chi connectivity index (χ0n) is 35.1. The number of pyridine rings is 2. The standard InChI is InChI=1S/C29H18NS.C15H18GeN.Ir/c1-3-8-20(9-4-1)22-14-15-24-25-12-7-13-26(29(25)31-28(24)19-22)27-18-23(16-17-30-27)21-10-5-2-6-11-21;1-12-5-7-13(8-6-12)15-10-9-14(11-17-15)16(2,3)4;/h1-12,14-19H;5-7,9-11H,1-4H3;/q2*-1;/i2D,5D,6D,10D,11D;1D3;. The summed E-state index contributed by atoms with van der Waals surface area (Å²) in [5.41, 5.74) is 6.43. The number of benzene rings is 5. The third kappa shape index (κ3) is 7.84. The van der Waals surface area contributed by atoms with Crippen molar-refractivity contribution >= 4 is 49.2 Å². The summed E-state index contributed by atoms with van der Waals surface area (Å²) in [6, 6.07) is 38.0. The maximum atomic E-state index is 8.34. The Bertz CT molecular complexity index is 2630. The molecule has 0 amide bonds. The normalized spacial score (nSPS) is 13.7. The molecule has 3 heterocycles. The van der Waals surface area contributed by atoms with Gasteiger partial charge in [-0.25, -0.2) is 0 Å². The summed E-state index contributed by atoms with van der Waals surface area (Å²) in [5, 5.41) is 2.27. The van der Waals surface area contributed by atoms with Crippen molar-refractivity contribution < 1.29 is 31.1 Å². The molecule has 1 radical (unpaired) electrons. The van der Waals surface area contributed by atoms with Crippen LogP contribution in [0.3, 0.4) is 0 Å². The number of aryl methyl sites for hydroxylation is 1. The van der Waals surface area contributed by atoms with Crippen molar-refractivity contribution in [2.75, 3.05) is 0 Å². The van der Waals surface area contributed by atoms with Gasteiger partial charge in [-0.1, -0.05) is 84.1 Å². The van der Waals surface area contributed by atoms with Crippen molar-refractivity contribution in [1.29, 1.82) is 0 Å². The quantitative estimate of drug-likeness (QED) is 0.127. The van der Waals surface area contributed by atoms with E-state index in [1.165, 1.54) is 10.5 Å². The number of thiophene rings is 1. The summed E-state index contributed by atoms with van der Waals surface area (Å²) in [6.07, 6.45) is 3.56. The molecule has 0 aliphatic carbocycles. The molecular formula is C44H36GeIrN2S-2. The molecule has 243 valence electrons. The maximum Gasteiger partial charge on any atom is 0.0629 e. The van der Waals surface area contributed by atoms with Crippen LogP contribution in [0.25, 0.3) is 64.9 Å². The molecule has 0 spiro atoms. The Morgan fingerprint density at radius 3 is 2.24 bits per heavy atom. The van der Waals surface area contributed by atoms with E-state index in [1.54, 1.807) is 41.8 Å².